The fourth-order valence-electron chi connectivity index (χ4n) is 2.05. The SMILES string of the molecule is Cc1nnc(-c2ccc(C)c(N(CC(=O)O)CC(=O)O)c2)s1. The highest BCUT2D eigenvalue weighted by Crippen LogP contribution is 2.29. The van der Waals surface area contributed by atoms with Crippen LogP contribution >= 0.6 is 11.3 Å². The Labute approximate surface area is 130 Å². The minimum Gasteiger partial charge on any atom is -0.480 e. The number of benzene rings is 1. The van der Waals surface area contributed by atoms with Crippen molar-refractivity contribution in [1.29, 1.82) is 0 Å². The summed E-state index contributed by atoms with van der Waals surface area (Å²) in [6, 6.07) is 5.43. The Balaban J connectivity index is 2.42. The summed E-state index contributed by atoms with van der Waals surface area (Å²) in [4.78, 5) is 23.3. The lowest BCUT2D eigenvalue weighted by Gasteiger charge is -2.23. The highest BCUT2D eigenvalue weighted by Gasteiger charge is 2.17. The van der Waals surface area contributed by atoms with E-state index in [2.05, 4.69) is 10.2 Å². The summed E-state index contributed by atoms with van der Waals surface area (Å²) >= 11 is 1.42. The summed E-state index contributed by atoms with van der Waals surface area (Å²) in [7, 11) is 0. The van der Waals surface area contributed by atoms with Gasteiger partial charge in [-0.05, 0) is 25.5 Å². The molecule has 0 aliphatic carbocycles. The van der Waals surface area contributed by atoms with Gasteiger partial charge in [-0.2, -0.15) is 0 Å². The van der Waals surface area contributed by atoms with Crippen LogP contribution in [0.5, 0.6) is 0 Å². The van der Waals surface area contributed by atoms with Crippen molar-refractivity contribution in [3.63, 3.8) is 0 Å². The Morgan fingerprint density at radius 2 is 1.77 bits per heavy atom. The number of aliphatic carboxylic acids is 2. The summed E-state index contributed by atoms with van der Waals surface area (Å²) in [6.45, 7) is 2.88. The van der Waals surface area contributed by atoms with E-state index in [9.17, 15) is 9.59 Å². The van der Waals surface area contributed by atoms with Crippen LogP contribution in [-0.2, 0) is 9.59 Å². The largest absolute Gasteiger partial charge is 0.480 e. The van der Waals surface area contributed by atoms with Gasteiger partial charge in [0.1, 0.15) is 23.1 Å². The van der Waals surface area contributed by atoms with Crippen molar-refractivity contribution < 1.29 is 19.8 Å². The molecule has 0 saturated carbocycles. The molecule has 0 radical (unpaired) electrons. The lowest BCUT2D eigenvalue weighted by atomic mass is 10.1. The van der Waals surface area contributed by atoms with Crippen molar-refractivity contribution in [1.82, 2.24) is 10.2 Å². The number of rotatable bonds is 6. The zero-order valence-corrected chi connectivity index (χ0v) is 12.9. The van der Waals surface area contributed by atoms with Crippen LogP contribution < -0.4 is 4.90 Å². The third kappa shape index (κ3) is 3.79. The smallest absolute Gasteiger partial charge is 0.323 e. The van der Waals surface area contributed by atoms with E-state index in [0.717, 1.165) is 16.1 Å². The molecule has 2 rings (SSSR count). The number of anilines is 1. The zero-order chi connectivity index (χ0) is 16.3. The molecule has 2 N–H and O–H groups in total. The van der Waals surface area contributed by atoms with E-state index in [1.807, 2.05) is 19.1 Å². The summed E-state index contributed by atoms with van der Waals surface area (Å²) < 4.78 is 0. The number of carboxylic acids is 2. The maximum atomic E-state index is 11.0. The molecule has 2 aromatic rings. The van der Waals surface area contributed by atoms with Gasteiger partial charge < -0.3 is 15.1 Å². The van der Waals surface area contributed by atoms with Gasteiger partial charge in [-0.25, -0.2) is 0 Å². The van der Waals surface area contributed by atoms with E-state index in [-0.39, 0.29) is 13.1 Å². The molecule has 116 valence electrons. The number of carboxylic acid groups (broad SMARTS) is 2. The van der Waals surface area contributed by atoms with Gasteiger partial charge in [0.05, 0.1) is 0 Å². The van der Waals surface area contributed by atoms with E-state index in [4.69, 9.17) is 10.2 Å². The molecule has 22 heavy (non-hydrogen) atoms. The number of nitrogens with zero attached hydrogens (tertiary/aromatic N) is 3. The normalized spacial score (nSPS) is 10.5. The molecule has 0 aliphatic heterocycles. The van der Waals surface area contributed by atoms with Crippen LogP contribution in [0, 0.1) is 13.8 Å². The lowest BCUT2D eigenvalue weighted by Crippen LogP contribution is -2.34. The van der Waals surface area contributed by atoms with Gasteiger partial charge in [0.25, 0.3) is 0 Å². The first-order valence-electron chi connectivity index (χ1n) is 6.46. The van der Waals surface area contributed by atoms with Crippen LogP contribution in [0.15, 0.2) is 18.2 Å². The number of aryl methyl sites for hydroxylation is 2. The Morgan fingerprint density at radius 1 is 1.14 bits per heavy atom. The second-order valence-corrected chi connectivity index (χ2v) is 5.95. The topological polar surface area (TPSA) is 104 Å². The van der Waals surface area contributed by atoms with Crippen LogP contribution in [0.4, 0.5) is 5.69 Å². The van der Waals surface area contributed by atoms with E-state index in [1.165, 1.54) is 16.2 Å². The van der Waals surface area contributed by atoms with Gasteiger partial charge in [0, 0.05) is 11.3 Å². The molecule has 1 heterocycles. The monoisotopic (exact) mass is 321 g/mol. The van der Waals surface area contributed by atoms with Gasteiger partial charge in [-0.15, -0.1) is 10.2 Å². The highest BCUT2D eigenvalue weighted by molar-refractivity contribution is 7.14. The second-order valence-electron chi connectivity index (χ2n) is 4.77. The number of carbonyl (C=O) groups is 2. The zero-order valence-electron chi connectivity index (χ0n) is 12.1. The van der Waals surface area contributed by atoms with Crippen molar-refractivity contribution in [3.05, 3.63) is 28.8 Å². The molecular formula is C14H15N3O4S. The number of hydrogen-bond acceptors (Lipinski definition) is 6. The van der Waals surface area contributed by atoms with Crippen molar-refractivity contribution in [2.24, 2.45) is 0 Å². The van der Waals surface area contributed by atoms with Crippen molar-refractivity contribution in [2.45, 2.75) is 13.8 Å². The molecule has 0 amide bonds. The highest BCUT2D eigenvalue weighted by atomic mass is 32.1. The third-order valence-corrected chi connectivity index (χ3v) is 3.86. The Bertz CT molecular complexity index is 698. The first-order valence-corrected chi connectivity index (χ1v) is 7.28. The molecule has 0 aliphatic rings. The van der Waals surface area contributed by atoms with E-state index in [1.54, 1.807) is 13.0 Å². The first-order chi connectivity index (χ1) is 10.4. The summed E-state index contributed by atoms with van der Waals surface area (Å²) in [5.41, 5.74) is 2.15. The van der Waals surface area contributed by atoms with E-state index < -0.39 is 11.9 Å². The quantitative estimate of drug-likeness (QED) is 0.836. The molecule has 1 aromatic heterocycles. The molecule has 8 heteroatoms. The summed E-state index contributed by atoms with van der Waals surface area (Å²) in [6.07, 6.45) is 0. The van der Waals surface area contributed by atoms with E-state index >= 15 is 0 Å². The molecule has 0 fully saturated rings. The molecule has 0 bridgehead atoms. The van der Waals surface area contributed by atoms with Crippen molar-refractivity contribution in [3.8, 4) is 10.6 Å². The number of hydrogen-bond donors (Lipinski definition) is 2. The minimum absolute atomic E-state index is 0.383. The van der Waals surface area contributed by atoms with Gasteiger partial charge in [0.2, 0.25) is 0 Å². The van der Waals surface area contributed by atoms with Crippen LogP contribution in [0.25, 0.3) is 10.6 Å². The predicted molar refractivity (Wildman–Crippen MR) is 82.3 cm³/mol. The third-order valence-electron chi connectivity index (χ3n) is 2.98. The molecule has 0 spiro atoms. The molecule has 0 unspecified atom stereocenters. The fourth-order valence-corrected chi connectivity index (χ4v) is 2.74. The summed E-state index contributed by atoms with van der Waals surface area (Å²) in [5.74, 6) is -2.17. The second kappa shape index (κ2) is 6.52. The van der Waals surface area contributed by atoms with Crippen LogP contribution in [0.1, 0.15) is 10.6 Å². The predicted octanol–water partition coefficient (Wildman–Crippen LogP) is 1.80. The van der Waals surface area contributed by atoms with Crippen molar-refractivity contribution in [2.75, 3.05) is 18.0 Å². The van der Waals surface area contributed by atoms with Crippen molar-refractivity contribution >= 4 is 29.0 Å². The van der Waals surface area contributed by atoms with Crippen LogP contribution in [0.3, 0.4) is 0 Å². The Morgan fingerprint density at radius 3 is 2.27 bits per heavy atom. The standard InChI is InChI=1S/C14H15N3O4S/c1-8-3-4-10(14-16-15-9(2)22-14)5-11(8)17(6-12(18)19)7-13(20)21/h3-5H,6-7H2,1-2H3,(H,18,19)(H,20,21). The van der Waals surface area contributed by atoms with Gasteiger partial charge >= 0.3 is 11.9 Å². The van der Waals surface area contributed by atoms with E-state index in [0.29, 0.717) is 10.7 Å². The average Bonchev–Trinajstić information content (AvgIpc) is 2.84. The average molecular weight is 321 g/mol. The van der Waals surface area contributed by atoms with Gasteiger partial charge in [-0.3, -0.25) is 9.59 Å². The fraction of sp³-hybridized carbons (Fsp3) is 0.286. The maximum Gasteiger partial charge on any atom is 0.323 e. The van der Waals surface area contributed by atoms with Gasteiger partial charge in [-0.1, -0.05) is 23.5 Å². The minimum atomic E-state index is -1.09. The molecular weight excluding hydrogens is 306 g/mol. The maximum absolute atomic E-state index is 11.0. The Kier molecular flexibility index (Phi) is 4.71. The Hall–Kier alpha value is -2.48. The lowest BCUT2D eigenvalue weighted by molar-refractivity contribution is -0.136. The molecule has 0 saturated heterocycles. The van der Waals surface area contributed by atoms with Crippen LogP contribution in [0.2, 0.25) is 0 Å². The van der Waals surface area contributed by atoms with Crippen LogP contribution in [-0.4, -0.2) is 45.4 Å². The number of aromatic nitrogens is 2. The first kappa shape index (κ1) is 15.9. The molecule has 1 aromatic carbocycles. The van der Waals surface area contributed by atoms with Gasteiger partial charge in [0.15, 0.2) is 0 Å². The summed E-state index contributed by atoms with van der Waals surface area (Å²) in [5, 5.41) is 27.5. The molecule has 0 atom stereocenters. The molecule has 7 nitrogen and oxygen atoms in total.